The van der Waals surface area contributed by atoms with Crippen LogP contribution in [-0.2, 0) is 9.53 Å². The number of aromatic nitrogens is 4. The fourth-order valence-corrected chi connectivity index (χ4v) is 2.34. The van der Waals surface area contributed by atoms with Gasteiger partial charge in [0.2, 0.25) is 11.9 Å². The summed E-state index contributed by atoms with van der Waals surface area (Å²) < 4.78 is 14.5. The predicted octanol–water partition coefficient (Wildman–Crippen LogP) is 0.382. The molecule has 0 aliphatic carbocycles. The van der Waals surface area contributed by atoms with E-state index >= 15 is 0 Å². The largest absolute Gasteiger partial charge is 0.390 e. The summed E-state index contributed by atoms with van der Waals surface area (Å²) in [6.45, 7) is 3.39. The number of ether oxygens (including phenoxy) is 1. The highest BCUT2D eigenvalue weighted by molar-refractivity contribution is 5.91. The predicted molar refractivity (Wildman–Crippen MR) is 81.8 cm³/mol. The van der Waals surface area contributed by atoms with E-state index in [1.165, 1.54) is 10.9 Å². The van der Waals surface area contributed by atoms with Crippen LogP contribution in [0.2, 0.25) is 0 Å². The lowest BCUT2D eigenvalue weighted by molar-refractivity contribution is -0.118. The van der Waals surface area contributed by atoms with E-state index in [1.807, 2.05) is 0 Å². The number of carbonyl (C=O) groups excluding carboxylic acids is 1. The average Bonchev–Trinajstić information content (AvgIpc) is 3.10. The Morgan fingerprint density at radius 3 is 3.09 bits per heavy atom. The minimum absolute atomic E-state index is 0.0311. The fourth-order valence-electron chi connectivity index (χ4n) is 2.34. The van der Waals surface area contributed by atoms with Crippen molar-refractivity contribution in [3.05, 3.63) is 16.7 Å². The quantitative estimate of drug-likeness (QED) is 0.751. The molecule has 0 aromatic carbocycles. The smallest absolute Gasteiger partial charge is 0.280 e. The van der Waals surface area contributed by atoms with Crippen molar-refractivity contribution in [2.45, 2.75) is 45.6 Å². The first kappa shape index (κ1) is 14.3. The Morgan fingerprint density at radius 2 is 2.43 bits per heavy atom. The zero-order chi connectivity index (χ0) is 17.4. The van der Waals surface area contributed by atoms with Gasteiger partial charge in [-0.2, -0.15) is 4.98 Å². The topological polar surface area (TPSA) is 122 Å². The molecule has 0 spiro atoms. The Morgan fingerprint density at radius 1 is 1.65 bits per heavy atom. The third-order valence-electron chi connectivity index (χ3n) is 3.71. The lowest BCUT2D eigenvalue weighted by atomic mass is 10.2. The zero-order valence-electron chi connectivity index (χ0n) is 13.8. The SMILES string of the molecule is [2H]C[C@H]1OC(n2cnc3c(=O)[nH]c(NC(=O)C(C)C)nc32)C[C@@H]1O. The highest BCUT2D eigenvalue weighted by atomic mass is 16.5. The van der Waals surface area contributed by atoms with E-state index in [2.05, 4.69) is 20.3 Å². The van der Waals surface area contributed by atoms with E-state index in [0.29, 0.717) is 0 Å². The Kier molecular flexibility index (Phi) is 3.58. The molecule has 2 aromatic rings. The standard InChI is InChI=1S/C14H19N5O4/c1-6(2)12(21)17-14-16-11-10(13(22)18-14)15-5-19(11)9-4-8(20)7(3)23-9/h5-9,20H,4H2,1-3H3,(H2,16,17,18,21,22)/t7-,8+,9?/m1/s1/i3D. The molecule has 124 valence electrons. The molecule has 1 fully saturated rings. The van der Waals surface area contributed by atoms with Crippen molar-refractivity contribution in [3.8, 4) is 0 Å². The van der Waals surface area contributed by atoms with E-state index in [4.69, 9.17) is 6.11 Å². The summed E-state index contributed by atoms with van der Waals surface area (Å²) in [6, 6.07) is 0. The fraction of sp³-hybridized carbons (Fsp3) is 0.571. The minimum atomic E-state index is -0.757. The van der Waals surface area contributed by atoms with Crippen LogP contribution in [0.4, 0.5) is 5.95 Å². The lowest BCUT2D eigenvalue weighted by Crippen LogP contribution is -2.22. The molecule has 23 heavy (non-hydrogen) atoms. The van der Waals surface area contributed by atoms with Crippen molar-refractivity contribution in [1.29, 1.82) is 0 Å². The number of nitrogens with one attached hydrogen (secondary N) is 2. The van der Waals surface area contributed by atoms with Gasteiger partial charge in [-0.25, -0.2) is 4.98 Å². The highest BCUT2D eigenvalue weighted by Gasteiger charge is 2.33. The van der Waals surface area contributed by atoms with E-state index < -0.39 is 24.0 Å². The van der Waals surface area contributed by atoms with Crippen molar-refractivity contribution >= 4 is 23.0 Å². The molecular formula is C14H19N5O4. The number of imidazole rings is 1. The van der Waals surface area contributed by atoms with E-state index in [0.717, 1.165) is 0 Å². The number of aliphatic hydroxyl groups excluding tert-OH is 1. The monoisotopic (exact) mass is 322 g/mol. The molecule has 9 heteroatoms. The normalized spacial score (nSPS) is 25.0. The second kappa shape index (κ2) is 5.74. The summed E-state index contributed by atoms with van der Waals surface area (Å²) in [5.74, 6) is -0.504. The number of hydrogen-bond acceptors (Lipinski definition) is 6. The third-order valence-corrected chi connectivity index (χ3v) is 3.71. The average molecular weight is 322 g/mol. The second-order valence-corrected chi connectivity index (χ2v) is 5.81. The van der Waals surface area contributed by atoms with Crippen molar-refractivity contribution in [2.24, 2.45) is 5.92 Å². The van der Waals surface area contributed by atoms with E-state index in [9.17, 15) is 14.7 Å². The van der Waals surface area contributed by atoms with Crippen molar-refractivity contribution < 1.29 is 16.0 Å². The van der Waals surface area contributed by atoms with Crippen LogP contribution < -0.4 is 10.9 Å². The molecule has 1 saturated heterocycles. The molecule has 3 N–H and O–H groups in total. The van der Waals surface area contributed by atoms with Crippen LogP contribution in [0.25, 0.3) is 11.2 Å². The highest BCUT2D eigenvalue weighted by Crippen LogP contribution is 2.30. The van der Waals surface area contributed by atoms with Crippen molar-refractivity contribution in [3.63, 3.8) is 0 Å². The first-order valence-electron chi connectivity index (χ1n) is 8.02. The molecule has 3 rings (SSSR count). The third kappa shape index (κ3) is 2.84. The van der Waals surface area contributed by atoms with Crippen LogP contribution >= 0.6 is 0 Å². The molecule has 1 amide bonds. The first-order chi connectivity index (χ1) is 11.4. The number of aliphatic hydroxyl groups is 1. The van der Waals surface area contributed by atoms with Crippen LogP contribution in [0.3, 0.4) is 0 Å². The van der Waals surface area contributed by atoms with Crippen LogP contribution in [0.1, 0.15) is 34.8 Å². The summed E-state index contributed by atoms with van der Waals surface area (Å²) in [4.78, 5) is 34.7. The maximum atomic E-state index is 12.1. The van der Waals surface area contributed by atoms with Crippen LogP contribution in [0.5, 0.6) is 0 Å². The molecule has 1 aliphatic heterocycles. The number of nitrogens with zero attached hydrogens (tertiary/aromatic N) is 3. The molecule has 2 aromatic heterocycles. The molecule has 0 radical (unpaired) electrons. The molecule has 0 bridgehead atoms. The molecule has 1 unspecified atom stereocenters. The molecule has 3 heterocycles. The summed E-state index contributed by atoms with van der Waals surface area (Å²) >= 11 is 0. The summed E-state index contributed by atoms with van der Waals surface area (Å²) in [7, 11) is 0. The number of carbonyl (C=O) groups is 1. The van der Waals surface area contributed by atoms with Crippen molar-refractivity contribution in [2.75, 3.05) is 5.32 Å². The van der Waals surface area contributed by atoms with Gasteiger partial charge in [0.1, 0.15) is 6.23 Å². The molecule has 1 aliphatic rings. The Hall–Kier alpha value is -2.26. The summed E-state index contributed by atoms with van der Waals surface area (Å²) in [5.41, 5.74) is -0.112. The maximum Gasteiger partial charge on any atom is 0.280 e. The number of amides is 1. The Balaban J connectivity index is 1.97. The Labute approximate surface area is 133 Å². The molecule has 0 saturated carbocycles. The van der Waals surface area contributed by atoms with E-state index in [1.54, 1.807) is 13.8 Å². The number of anilines is 1. The number of hydrogen-bond donors (Lipinski definition) is 3. The molecular weight excluding hydrogens is 302 g/mol. The summed E-state index contributed by atoms with van der Waals surface area (Å²) in [6.07, 6.45) is -0.230. The van der Waals surface area contributed by atoms with Crippen LogP contribution in [0, 0.1) is 5.92 Å². The Bertz CT molecular complexity index is 817. The van der Waals surface area contributed by atoms with Gasteiger partial charge in [0.15, 0.2) is 11.2 Å². The van der Waals surface area contributed by atoms with Gasteiger partial charge < -0.3 is 9.84 Å². The zero-order valence-corrected chi connectivity index (χ0v) is 12.8. The molecule has 9 nitrogen and oxygen atoms in total. The van der Waals surface area contributed by atoms with Gasteiger partial charge >= 0.3 is 0 Å². The first-order valence-corrected chi connectivity index (χ1v) is 7.31. The second-order valence-electron chi connectivity index (χ2n) is 5.81. The van der Waals surface area contributed by atoms with Crippen LogP contribution in [0.15, 0.2) is 11.1 Å². The number of fused-ring (bicyclic) bond motifs is 1. The van der Waals surface area contributed by atoms with Gasteiger partial charge in [-0.15, -0.1) is 0 Å². The van der Waals surface area contributed by atoms with Gasteiger partial charge in [0.25, 0.3) is 5.56 Å². The number of H-pyrrole nitrogens is 1. The lowest BCUT2D eigenvalue weighted by Gasteiger charge is -2.13. The van der Waals surface area contributed by atoms with Gasteiger partial charge in [-0.3, -0.25) is 24.5 Å². The van der Waals surface area contributed by atoms with Gasteiger partial charge in [-0.1, -0.05) is 13.8 Å². The van der Waals surface area contributed by atoms with E-state index in [-0.39, 0.29) is 42.3 Å². The number of rotatable bonds is 3. The van der Waals surface area contributed by atoms with Gasteiger partial charge in [0, 0.05) is 13.7 Å². The van der Waals surface area contributed by atoms with Gasteiger partial charge in [-0.05, 0) is 6.90 Å². The van der Waals surface area contributed by atoms with Crippen molar-refractivity contribution in [1.82, 2.24) is 19.5 Å². The maximum absolute atomic E-state index is 12.1. The molecule has 3 atom stereocenters. The van der Waals surface area contributed by atoms with Gasteiger partial charge in [0.05, 0.1) is 18.5 Å². The summed E-state index contributed by atoms with van der Waals surface area (Å²) in [5, 5.41) is 12.4. The number of aromatic amines is 1. The minimum Gasteiger partial charge on any atom is -0.390 e. The van der Waals surface area contributed by atoms with Crippen LogP contribution in [-0.4, -0.2) is 42.7 Å².